The van der Waals surface area contributed by atoms with E-state index in [2.05, 4.69) is 41.2 Å². The Labute approximate surface area is 296 Å². The van der Waals surface area contributed by atoms with Gasteiger partial charge in [-0.15, -0.1) is 0 Å². The zero-order chi connectivity index (χ0) is 35.1. The normalized spacial score (nSPS) is 23.9. The zero-order valence-electron chi connectivity index (χ0n) is 29.2. The highest BCUT2D eigenvalue weighted by atomic mass is 19.1. The summed E-state index contributed by atoms with van der Waals surface area (Å²) in [6.07, 6.45) is 11.6. The highest BCUT2D eigenvalue weighted by Crippen LogP contribution is 2.53. The van der Waals surface area contributed by atoms with Gasteiger partial charge in [-0.05, 0) is 102 Å². The summed E-state index contributed by atoms with van der Waals surface area (Å²) in [6, 6.07) is 10.3. The average Bonchev–Trinajstić information content (AvgIpc) is 3.65. The monoisotopic (exact) mass is 694 g/mol. The number of amides is 2. The van der Waals surface area contributed by atoms with Crippen LogP contribution in [0.5, 0.6) is 0 Å². The number of alkyl halides is 1. The summed E-state index contributed by atoms with van der Waals surface area (Å²) in [5.41, 5.74) is 2.64. The van der Waals surface area contributed by atoms with Gasteiger partial charge in [-0.2, -0.15) is 0 Å². The number of rotatable bonds is 7. The molecule has 0 bridgehead atoms. The summed E-state index contributed by atoms with van der Waals surface area (Å²) in [4.78, 5) is 47.6. The van der Waals surface area contributed by atoms with Crippen LogP contribution in [0.4, 0.5) is 26.0 Å². The van der Waals surface area contributed by atoms with Crippen molar-refractivity contribution in [2.45, 2.75) is 101 Å². The summed E-state index contributed by atoms with van der Waals surface area (Å²) in [6.45, 7) is 7.10. The Bertz CT molecular complexity index is 2020. The van der Waals surface area contributed by atoms with Gasteiger partial charge in [0, 0.05) is 48.7 Å². The highest BCUT2D eigenvalue weighted by molar-refractivity contribution is 6.09. The van der Waals surface area contributed by atoms with Crippen LogP contribution >= 0.6 is 0 Å². The van der Waals surface area contributed by atoms with Crippen molar-refractivity contribution in [3.05, 3.63) is 60.4 Å². The molecular formula is C39H44F2N8O2. The number of aromatic nitrogens is 4. The Balaban J connectivity index is 1.09. The SMILES string of the molecule is CC(C)n1cnc2cc(-c3ccc4c(c3)N(C3CC(N5CCCCC5)C3)C(=O)C43CCN(C(=O)C4(F)CC4)CC3)nc(Nc3ccncc3F)c21. The number of nitrogens with zero attached hydrogens (tertiary/aromatic N) is 7. The van der Waals surface area contributed by atoms with Crippen LogP contribution in [0.3, 0.4) is 0 Å². The van der Waals surface area contributed by atoms with Gasteiger partial charge in [0.1, 0.15) is 5.52 Å². The van der Waals surface area contributed by atoms with E-state index in [1.807, 2.05) is 21.6 Å². The maximum Gasteiger partial charge on any atom is 0.260 e. The van der Waals surface area contributed by atoms with Gasteiger partial charge in [0.05, 0.1) is 34.8 Å². The molecular weight excluding hydrogens is 650 g/mol. The minimum atomic E-state index is -1.71. The molecule has 5 aliphatic rings. The van der Waals surface area contributed by atoms with Crippen molar-refractivity contribution in [1.29, 1.82) is 0 Å². The molecule has 0 unspecified atom stereocenters. The predicted octanol–water partition coefficient (Wildman–Crippen LogP) is 6.68. The standard InChI is InChI=1S/C39H44F2N8O2/c1-24(2)48-23-43-32-21-31(45-35(34(32)48)44-30-8-13-42-22-29(30)40)25-6-7-28-33(18-25)49(27-19-26(20-27)46-14-4-3-5-15-46)36(50)38(28)11-16-47(17-12-38)37(51)39(41)9-10-39/h6-8,13,18,21-24,26-27H,3-5,9-12,14-17,19-20H2,1-2H3,(H,42,44,45). The van der Waals surface area contributed by atoms with Crippen LogP contribution in [0.2, 0.25) is 0 Å². The third kappa shape index (κ3) is 5.31. The first kappa shape index (κ1) is 32.5. The molecule has 12 heteroatoms. The van der Waals surface area contributed by atoms with Crippen molar-refractivity contribution >= 4 is 40.0 Å². The predicted molar refractivity (Wildman–Crippen MR) is 191 cm³/mol. The van der Waals surface area contributed by atoms with E-state index >= 15 is 0 Å². The van der Waals surface area contributed by atoms with E-state index in [1.165, 1.54) is 31.7 Å². The fraction of sp³-hybridized carbons (Fsp3) is 0.513. The summed E-state index contributed by atoms with van der Waals surface area (Å²) in [5, 5.41) is 3.21. The number of pyridine rings is 2. The molecule has 3 aromatic heterocycles. The summed E-state index contributed by atoms with van der Waals surface area (Å²) in [5.74, 6) is -0.332. The van der Waals surface area contributed by atoms with Crippen molar-refractivity contribution in [2.24, 2.45) is 0 Å². The Morgan fingerprint density at radius 3 is 2.45 bits per heavy atom. The number of carbonyl (C=O) groups excluding carboxylic acids is 2. The maximum atomic E-state index is 14.8. The maximum absolute atomic E-state index is 14.8. The van der Waals surface area contributed by atoms with Gasteiger partial charge in [0.15, 0.2) is 17.3 Å². The van der Waals surface area contributed by atoms with Gasteiger partial charge in [-0.25, -0.2) is 18.7 Å². The van der Waals surface area contributed by atoms with Crippen LogP contribution < -0.4 is 10.2 Å². The summed E-state index contributed by atoms with van der Waals surface area (Å²) >= 11 is 0. The van der Waals surface area contributed by atoms with Crippen molar-refractivity contribution in [1.82, 2.24) is 29.3 Å². The summed E-state index contributed by atoms with van der Waals surface area (Å²) < 4.78 is 31.6. The molecule has 266 valence electrons. The van der Waals surface area contributed by atoms with Crippen molar-refractivity contribution in [3.8, 4) is 11.3 Å². The molecule has 3 aliphatic heterocycles. The molecule has 0 atom stereocenters. The van der Waals surface area contributed by atoms with Gasteiger partial charge < -0.3 is 24.6 Å². The van der Waals surface area contributed by atoms with Crippen molar-refractivity contribution in [3.63, 3.8) is 0 Å². The van der Waals surface area contributed by atoms with Crippen LogP contribution in [0.1, 0.15) is 83.2 Å². The molecule has 10 nitrogen and oxygen atoms in total. The molecule has 51 heavy (non-hydrogen) atoms. The molecule has 4 fully saturated rings. The van der Waals surface area contributed by atoms with E-state index in [1.54, 1.807) is 17.3 Å². The number of piperidine rings is 2. The second-order valence-electron chi connectivity index (χ2n) is 15.6. The number of fused-ring (bicyclic) bond motifs is 3. The number of likely N-dealkylation sites (tertiary alicyclic amines) is 2. The quantitative estimate of drug-likeness (QED) is 0.230. The number of halogens is 2. The zero-order valence-corrected chi connectivity index (χ0v) is 29.2. The number of imidazole rings is 1. The molecule has 2 aliphatic carbocycles. The second kappa shape index (κ2) is 12.1. The molecule has 4 aromatic rings. The number of anilines is 3. The minimum absolute atomic E-state index is 0.0853. The number of carbonyl (C=O) groups is 2. The van der Waals surface area contributed by atoms with E-state index in [0.29, 0.717) is 43.5 Å². The smallest absolute Gasteiger partial charge is 0.260 e. The third-order valence-corrected chi connectivity index (χ3v) is 12.2. The molecule has 2 saturated heterocycles. The van der Waals surface area contributed by atoms with E-state index in [0.717, 1.165) is 53.8 Å². The van der Waals surface area contributed by atoms with Crippen LogP contribution in [0.25, 0.3) is 22.3 Å². The number of hydrogen-bond acceptors (Lipinski definition) is 7. The number of benzene rings is 1. The summed E-state index contributed by atoms with van der Waals surface area (Å²) in [7, 11) is 0. The first-order valence-electron chi connectivity index (χ1n) is 18.6. The van der Waals surface area contributed by atoms with Crippen molar-refractivity contribution < 1.29 is 18.4 Å². The Hall–Kier alpha value is -4.45. The van der Waals surface area contributed by atoms with Crippen molar-refractivity contribution in [2.75, 3.05) is 36.4 Å². The van der Waals surface area contributed by atoms with E-state index in [4.69, 9.17) is 9.97 Å². The van der Waals surface area contributed by atoms with Gasteiger partial charge in [-0.3, -0.25) is 14.6 Å². The molecule has 2 amide bonds. The Morgan fingerprint density at radius 2 is 1.75 bits per heavy atom. The lowest BCUT2D eigenvalue weighted by Gasteiger charge is -2.48. The molecule has 6 heterocycles. The lowest BCUT2D eigenvalue weighted by Crippen LogP contribution is -2.58. The Morgan fingerprint density at radius 1 is 0.980 bits per heavy atom. The lowest BCUT2D eigenvalue weighted by atomic mass is 9.73. The van der Waals surface area contributed by atoms with E-state index in [9.17, 15) is 18.4 Å². The van der Waals surface area contributed by atoms with Crippen LogP contribution in [-0.2, 0) is 15.0 Å². The largest absolute Gasteiger partial charge is 0.340 e. The van der Waals surface area contributed by atoms with E-state index in [-0.39, 0.29) is 36.5 Å². The van der Waals surface area contributed by atoms with Crippen LogP contribution in [-0.4, -0.2) is 85.1 Å². The third-order valence-electron chi connectivity index (χ3n) is 12.2. The molecule has 1 N–H and O–H groups in total. The highest BCUT2D eigenvalue weighted by Gasteiger charge is 2.58. The molecule has 0 radical (unpaired) electrons. The topological polar surface area (TPSA) is 99.5 Å². The lowest BCUT2D eigenvalue weighted by molar-refractivity contribution is -0.141. The van der Waals surface area contributed by atoms with Gasteiger partial charge >= 0.3 is 0 Å². The molecule has 1 spiro atoms. The number of hydrogen-bond donors (Lipinski definition) is 1. The first-order chi connectivity index (χ1) is 24.6. The van der Waals surface area contributed by atoms with Crippen LogP contribution in [0.15, 0.2) is 49.1 Å². The Kier molecular flexibility index (Phi) is 7.68. The fourth-order valence-electron chi connectivity index (χ4n) is 8.94. The van der Waals surface area contributed by atoms with E-state index < -0.39 is 22.8 Å². The van der Waals surface area contributed by atoms with Crippen LogP contribution in [0, 0.1) is 5.82 Å². The molecule has 9 rings (SSSR count). The van der Waals surface area contributed by atoms with Gasteiger partial charge in [0.25, 0.3) is 5.91 Å². The second-order valence-corrected chi connectivity index (χ2v) is 15.6. The average molecular weight is 695 g/mol. The number of nitrogens with one attached hydrogen (secondary N) is 1. The molecule has 2 saturated carbocycles. The first-order valence-corrected chi connectivity index (χ1v) is 18.6. The molecule has 1 aromatic carbocycles. The minimum Gasteiger partial charge on any atom is -0.340 e. The fourth-order valence-corrected chi connectivity index (χ4v) is 8.94. The van der Waals surface area contributed by atoms with Gasteiger partial charge in [0.2, 0.25) is 5.91 Å². The van der Waals surface area contributed by atoms with Gasteiger partial charge in [-0.1, -0.05) is 18.6 Å².